The first kappa shape index (κ1) is 18.9. The molecule has 0 saturated carbocycles. The standard InChI is InChI=1S/C23H25N3O3/c1-28-18-10-11-19(22(16-18)29-2)24-23(27)26-14-13-25-12-6-9-20(25)21(26)15-17-7-4-3-5-8-17/h3-12,16,21H,13-15H2,1-2H3,(H,24,27)/t21-/m0/s1. The number of fused-ring (bicyclic) bond motifs is 1. The largest absolute Gasteiger partial charge is 0.497 e. The van der Waals surface area contributed by atoms with Crippen molar-refractivity contribution in [3.8, 4) is 11.5 Å². The molecule has 29 heavy (non-hydrogen) atoms. The Labute approximate surface area is 170 Å². The molecule has 2 aromatic carbocycles. The Morgan fingerprint density at radius 1 is 1.03 bits per heavy atom. The minimum Gasteiger partial charge on any atom is -0.497 e. The van der Waals surface area contributed by atoms with E-state index >= 15 is 0 Å². The number of amides is 2. The Morgan fingerprint density at radius 2 is 1.86 bits per heavy atom. The van der Waals surface area contributed by atoms with Crippen LogP contribution in [0.2, 0.25) is 0 Å². The van der Waals surface area contributed by atoms with Gasteiger partial charge in [-0.05, 0) is 36.2 Å². The highest BCUT2D eigenvalue weighted by Crippen LogP contribution is 2.32. The fraction of sp³-hybridized carbons (Fsp3) is 0.261. The zero-order chi connectivity index (χ0) is 20.2. The second kappa shape index (κ2) is 8.31. The fourth-order valence-corrected chi connectivity index (χ4v) is 3.85. The van der Waals surface area contributed by atoms with E-state index in [0.717, 1.165) is 18.7 Å². The van der Waals surface area contributed by atoms with Crippen LogP contribution in [0.5, 0.6) is 11.5 Å². The van der Waals surface area contributed by atoms with E-state index in [1.807, 2.05) is 29.2 Å². The molecule has 1 atom stereocenters. The van der Waals surface area contributed by atoms with Crippen LogP contribution in [0, 0.1) is 0 Å². The number of carbonyl (C=O) groups excluding carboxylic acids is 1. The van der Waals surface area contributed by atoms with Gasteiger partial charge in [-0.3, -0.25) is 0 Å². The Bertz CT molecular complexity index is 984. The molecule has 0 unspecified atom stereocenters. The Hall–Kier alpha value is -3.41. The van der Waals surface area contributed by atoms with Crippen molar-refractivity contribution in [2.24, 2.45) is 0 Å². The minimum atomic E-state index is -0.137. The number of aromatic nitrogens is 1. The summed E-state index contributed by atoms with van der Waals surface area (Å²) in [5.74, 6) is 1.25. The van der Waals surface area contributed by atoms with Crippen LogP contribution in [0.15, 0.2) is 66.9 Å². The topological polar surface area (TPSA) is 55.7 Å². The third-order valence-corrected chi connectivity index (χ3v) is 5.35. The number of benzene rings is 2. The molecule has 1 aliphatic heterocycles. The van der Waals surface area contributed by atoms with Crippen LogP contribution in [0.1, 0.15) is 17.3 Å². The normalized spacial score (nSPS) is 15.5. The summed E-state index contributed by atoms with van der Waals surface area (Å²) in [7, 11) is 3.18. The molecule has 4 rings (SSSR count). The van der Waals surface area contributed by atoms with Crippen molar-refractivity contribution in [2.75, 3.05) is 26.1 Å². The van der Waals surface area contributed by atoms with Crippen LogP contribution in [0.25, 0.3) is 0 Å². The van der Waals surface area contributed by atoms with Gasteiger partial charge in [0.1, 0.15) is 11.5 Å². The number of anilines is 1. The quantitative estimate of drug-likeness (QED) is 0.704. The SMILES string of the molecule is COc1ccc(NC(=O)N2CCn3cccc3[C@@H]2Cc2ccccc2)c(OC)c1. The fourth-order valence-electron chi connectivity index (χ4n) is 3.85. The highest BCUT2D eigenvalue weighted by atomic mass is 16.5. The maximum atomic E-state index is 13.2. The molecule has 0 radical (unpaired) electrons. The van der Waals surface area contributed by atoms with Crippen LogP contribution < -0.4 is 14.8 Å². The molecule has 6 heteroatoms. The average Bonchev–Trinajstić information content (AvgIpc) is 3.24. The maximum absolute atomic E-state index is 13.2. The minimum absolute atomic E-state index is 0.0367. The lowest BCUT2D eigenvalue weighted by Gasteiger charge is -2.37. The van der Waals surface area contributed by atoms with Gasteiger partial charge in [-0.15, -0.1) is 0 Å². The van der Waals surface area contributed by atoms with Crippen molar-refractivity contribution < 1.29 is 14.3 Å². The van der Waals surface area contributed by atoms with E-state index < -0.39 is 0 Å². The zero-order valence-electron chi connectivity index (χ0n) is 16.7. The number of rotatable bonds is 5. The summed E-state index contributed by atoms with van der Waals surface area (Å²) in [6, 6.07) is 19.6. The van der Waals surface area contributed by atoms with Gasteiger partial charge in [0.15, 0.2) is 0 Å². The molecule has 0 aliphatic carbocycles. The average molecular weight is 391 g/mol. The van der Waals surface area contributed by atoms with Gasteiger partial charge in [0.25, 0.3) is 0 Å². The third-order valence-electron chi connectivity index (χ3n) is 5.35. The number of nitrogens with one attached hydrogen (secondary N) is 1. The molecule has 1 N–H and O–H groups in total. The van der Waals surface area contributed by atoms with Crippen LogP contribution in [0.4, 0.5) is 10.5 Å². The van der Waals surface area contributed by atoms with Crippen LogP contribution in [-0.4, -0.2) is 36.3 Å². The molecule has 0 fully saturated rings. The van der Waals surface area contributed by atoms with E-state index in [9.17, 15) is 4.79 Å². The highest BCUT2D eigenvalue weighted by Gasteiger charge is 2.31. The first-order valence-corrected chi connectivity index (χ1v) is 9.68. The molecular formula is C23H25N3O3. The summed E-state index contributed by atoms with van der Waals surface area (Å²) in [6.45, 7) is 1.42. The predicted molar refractivity (Wildman–Crippen MR) is 113 cm³/mol. The lowest BCUT2D eigenvalue weighted by atomic mass is 10.0. The summed E-state index contributed by atoms with van der Waals surface area (Å²) in [5, 5.41) is 3.02. The van der Waals surface area contributed by atoms with Gasteiger partial charge in [-0.25, -0.2) is 4.79 Å². The van der Waals surface area contributed by atoms with Crippen LogP contribution in [0.3, 0.4) is 0 Å². The van der Waals surface area contributed by atoms with Crippen molar-refractivity contribution in [1.29, 1.82) is 0 Å². The second-order valence-electron chi connectivity index (χ2n) is 7.02. The highest BCUT2D eigenvalue weighted by molar-refractivity contribution is 5.91. The first-order valence-electron chi connectivity index (χ1n) is 9.68. The number of carbonyl (C=O) groups is 1. The Kier molecular flexibility index (Phi) is 5.42. The molecule has 150 valence electrons. The van der Waals surface area contributed by atoms with Crippen molar-refractivity contribution in [3.05, 3.63) is 78.1 Å². The predicted octanol–water partition coefficient (Wildman–Crippen LogP) is 4.34. The molecule has 1 aliphatic rings. The van der Waals surface area contributed by atoms with E-state index in [1.54, 1.807) is 32.4 Å². The Morgan fingerprint density at radius 3 is 2.62 bits per heavy atom. The molecule has 0 spiro atoms. The molecule has 1 aromatic heterocycles. The van der Waals surface area contributed by atoms with Gasteiger partial charge in [0.2, 0.25) is 0 Å². The first-order chi connectivity index (χ1) is 14.2. The van der Waals surface area contributed by atoms with E-state index in [1.165, 1.54) is 5.56 Å². The molecule has 6 nitrogen and oxygen atoms in total. The number of nitrogens with zero attached hydrogens (tertiary/aromatic N) is 2. The molecule has 2 heterocycles. The summed E-state index contributed by atoms with van der Waals surface area (Å²) >= 11 is 0. The lowest BCUT2D eigenvalue weighted by Crippen LogP contribution is -2.44. The van der Waals surface area contributed by atoms with E-state index in [2.05, 4.69) is 34.3 Å². The number of hydrogen-bond donors (Lipinski definition) is 1. The van der Waals surface area contributed by atoms with Gasteiger partial charge >= 0.3 is 6.03 Å². The molecular weight excluding hydrogens is 366 g/mol. The Balaban J connectivity index is 1.59. The number of hydrogen-bond acceptors (Lipinski definition) is 3. The van der Waals surface area contributed by atoms with Gasteiger partial charge in [-0.1, -0.05) is 30.3 Å². The molecule has 3 aromatic rings. The maximum Gasteiger partial charge on any atom is 0.322 e. The lowest BCUT2D eigenvalue weighted by molar-refractivity contribution is 0.167. The number of urea groups is 1. The summed E-state index contributed by atoms with van der Waals surface area (Å²) in [5.41, 5.74) is 2.97. The smallest absolute Gasteiger partial charge is 0.322 e. The summed E-state index contributed by atoms with van der Waals surface area (Å²) in [6.07, 6.45) is 2.84. The van der Waals surface area contributed by atoms with Gasteiger partial charge in [0, 0.05) is 31.0 Å². The molecule has 2 amide bonds. The number of ether oxygens (including phenoxy) is 2. The van der Waals surface area contributed by atoms with Crippen molar-refractivity contribution >= 4 is 11.7 Å². The zero-order valence-corrected chi connectivity index (χ0v) is 16.7. The number of methoxy groups -OCH3 is 2. The van der Waals surface area contributed by atoms with Crippen molar-refractivity contribution in [3.63, 3.8) is 0 Å². The second-order valence-corrected chi connectivity index (χ2v) is 7.02. The van der Waals surface area contributed by atoms with Crippen LogP contribution in [-0.2, 0) is 13.0 Å². The monoisotopic (exact) mass is 391 g/mol. The van der Waals surface area contributed by atoms with Gasteiger partial charge in [0.05, 0.1) is 25.9 Å². The summed E-state index contributed by atoms with van der Waals surface area (Å²) in [4.78, 5) is 15.1. The van der Waals surface area contributed by atoms with Crippen molar-refractivity contribution in [2.45, 2.75) is 19.0 Å². The molecule has 0 bridgehead atoms. The van der Waals surface area contributed by atoms with E-state index in [-0.39, 0.29) is 12.1 Å². The van der Waals surface area contributed by atoms with Gasteiger partial charge < -0.3 is 24.3 Å². The van der Waals surface area contributed by atoms with Gasteiger partial charge in [-0.2, -0.15) is 0 Å². The van der Waals surface area contributed by atoms with E-state index in [4.69, 9.17) is 9.47 Å². The van der Waals surface area contributed by atoms with Crippen molar-refractivity contribution in [1.82, 2.24) is 9.47 Å². The third kappa shape index (κ3) is 3.92. The van der Waals surface area contributed by atoms with E-state index in [0.29, 0.717) is 23.7 Å². The summed E-state index contributed by atoms with van der Waals surface area (Å²) < 4.78 is 12.9. The molecule has 0 saturated heterocycles. The van der Waals surface area contributed by atoms with Crippen LogP contribution >= 0.6 is 0 Å².